The summed E-state index contributed by atoms with van der Waals surface area (Å²) in [5.41, 5.74) is 0.357. The first-order valence-electron chi connectivity index (χ1n) is 7.38. The maximum atomic E-state index is 13.5. The van der Waals surface area contributed by atoms with Crippen molar-refractivity contribution in [2.75, 3.05) is 0 Å². The highest BCUT2D eigenvalue weighted by Crippen LogP contribution is 2.25. The quantitative estimate of drug-likeness (QED) is 0.237. The van der Waals surface area contributed by atoms with Crippen LogP contribution in [-0.4, -0.2) is 17.2 Å². The van der Waals surface area contributed by atoms with Crippen molar-refractivity contribution >= 4 is 22.9 Å². The van der Waals surface area contributed by atoms with Crippen molar-refractivity contribution in [1.29, 1.82) is 0 Å². The standard InChI is InChI=1S/C18H9F5N2O2/c19-13-11(14(20)16(22)17(23)15(13)21)7-24-25-18(27)10-5-8-3-1-2-4-9(8)6-12(10)26/h1-7,26H,(H,25,27)/b24-7+. The number of benzene rings is 3. The van der Waals surface area contributed by atoms with Crippen molar-refractivity contribution in [1.82, 2.24) is 5.43 Å². The third kappa shape index (κ3) is 3.31. The van der Waals surface area contributed by atoms with E-state index in [1.54, 1.807) is 24.3 Å². The molecule has 138 valence electrons. The van der Waals surface area contributed by atoms with Crippen molar-refractivity contribution in [2.45, 2.75) is 0 Å². The van der Waals surface area contributed by atoms with Crippen LogP contribution in [0.1, 0.15) is 15.9 Å². The van der Waals surface area contributed by atoms with Gasteiger partial charge in [-0.1, -0.05) is 24.3 Å². The Balaban J connectivity index is 1.88. The number of rotatable bonds is 3. The van der Waals surface area contributed by atoms with Crippen LogP contribution in [0.5, 0.6) is 5.75 Å². The van der Waals surface area contributed by atoms with Gasteiger partial charge in [-0.25, -0.2) is 27.4 Å². The van der Waals surface area contributed by atoms with E-state index in [0.29, 0.717) is 10.8 Å². The maximum absolute atomic E-state index is 13.5. The second-order valence-corrected chi connectivity index (χ2v) is 5.40. The molecule has 3 aromatic carbocycles. The van der Waals surface area contributed by atoms with E-state index in [-0.39, 0.29) is 17.5 Å². The molecule has 3 aromatic rings. The highest BCUT2D eigenvalue weighted by Gasteiger charge is 2.24. The van der Waals surface area contributed by atoms with Crippen LogP contribution in [0.3, 0.4) is 0 Å². The van der Waals surface area contributed by atoms with Gasteiger partial charge >= 0.3 is 0 Å². The van der Waals surface area contributed by atoms with Crippen LogP contribution in [0.15, 0.2) is 41.5 Å². The average molecular weight is 380 g/mol. The molecule has 2 N–H and O–H groups in total. The molecular formula is C18H9F5N2O2. The Morgan fingerprint density at radius 1 is 0.889 bits per heavy atom. The third-order valence-electron chi connectivity index (χ3n) is 3.71. The van der Waals surface area contributed by atoms with E-state index in [4.69, 9.17) is 0 Å². The number of halogens is 5. The summed E-state index contributed by atoms with van der Waals surface area (Å²) in [6.07, 6.45) is 0.284. The average Bonchev–Trinajstić information content (AvgIpc) is 2.66. The van der Waals surface area contributed by atoms with Crippen LogP contribution in [0.25, 0.3) is 10.8 Å². The predicted molar refractivity (Wildman–Crippen MR) is 86.9 cm³/mol. The van der Waals surface area contributed by atoms with Gasteiger partial charge in [0.15, 0.2) is 23.3 Å². The lowest BCUT2D eigenvalue weighted by Gasteiger charge is -2.06. The summed E-state index contributed by atoms with van der Waals surface area (Å²) in [6, 6.07) is 9.52. The Morgan fingerprint density at radius 3 is 2.00 bits per heavy atom. The van der Waals surface area contributed by atoms with Gasteiger partial charge in [-0.05, 0) is 22.9 Å². The molecule has 0 aliphatic heterocycles. The zero-order valence-corrected chi connectivity index (χ0v) is 13.2. The number of phenols is 1. The normalized spacial score (nSPS) is 11.3. The number of aromatic hydroxyl groups is 1. The second-order valence-electron chi connectivity index (χ2n) is 5.40. The maximum Gasteiger partial charge on any atom is 0.275 e. The highest BCUT2D eigenvalue weighted by atomic mass is 19.2. The Hall–Kier alpha value is -3.49. The molecule has 0 aromatic heterocycles. The van der Waals surface area contributed by atoms with E-state index >= 15 is 0 Å². The number of phenolic OH excluding ortho intramolecular Hbond substituents is 1. The minimum Gasteiger partial charge on any atom is -0.507 e. The van der Waals surface area contributed by atoms with Crippen LogP contribution in [-0.2, 0) is 0 Å². The molecule has 0 radical (unpaired) electrons. The molecule has 1 amide bonds. The molecular weight excluding hydrogens is 371 g/mol. The topological polar surface area (TPSA) is 61.7 Å². The third-order valence-corrected chi connectivity index (χ3v) is 3.71. The zero-order chi connectivity index (χ0) is 19.7. The molecule has 0 saturated heterocycles. The summed E-state index contributed by atoms with van der Waals surface area (Å²) >= 11 is 0. The van der Waals surface area contributed by atoms with Crippen LogP contribution >= 0.6 is 0 Å². The van der Waals surface area contributed by atoms with Gasteiger partial charge < -0.3 is 5.11 Å². The van der Waals surface area contributed by atoms with Crippen LogP contribution in [0, 0.1) is 29.1 Å². The summed E-state index contributed by atoms with van der Waals surface area (Å²) in [7, 11) is 0. The molecule has 0 aliphatic carbocycles. The molecule has 4 nitrogen and oxygen atoms in total. The first-order valence-corrected chi connectivity index (χ1v) is 7.38. The minimum absolute atomic E-state index is 0.191. The van der Waals surface area contributed by atoms with Gasteiger partial charge in [0.05, 0.1) is 17.3 Å². The lowest BCUT2D eigenvalue weighted by Crippen LogP contribution is -2.18. The van der Waals surface area contributed by atoms with Crippen molar-refractivity contribution < 1.29 is 31.9 Å². The molecule has 0 saturated carbocycles. The van der Waals surface area contributed by atoms with Gasteiger partial charge in [0.2, 0.25) is 5.82 Å². The van der Waals surface area contributed by atoms with Gasteiger partial charge in [0.1, 0.15) is 5.75 Å². The number of nitrogens with one attached hydrogen (secondary N) is 1. The number of carbonyl (C=O) groups is 1. The van der Waals surface area contributed by atoms with E-state index < -0.39 is 40.6 Å². The molecule has 0 unspecified atom stereocenters. The molecule has 0 fully saturated rings. The van der Waals surface area contributed by atoms with Crippen LogP contribution in [0.4, 0.5) is 22.0 Å². The smallest absolute Gasteiger partial charge is 0.275 e. The monoisotopic (exact) mass is 380 g/mol. The SMILES string of the molecule is O=C(N/N=C/c1c(F)c(F)c(F)c(F)c1F)c1cc2ccccc2cc1O. The van der Waals surface area contributed by atoms with Gasteiger partial charge in [0.25, 0.3) is 5.91 Å². The first kappa shape index (κ1) is 18.3. The van der Waals surface area contributed by atoms with Gasteiger partial charge in [0, 0.05) is 0 Å². The van der Waals surface area contributed by atoms with E-state index in [9.17, 15) is 31.9 Å². The van der Waals surface area contributed by atoms with E-state index in [1.165, 1.54) is 12.1 Å². The Labute approximate surface area is 148 Å². The van der Waals surface area contributed by atoms with Gasteiger partial charge in [-0.3, -0.25) is 4.79 Å². The number of carbonyl (C=O) groups excluding carboxylic acids is 1. The summed E-state index contributed by atoms with van der Waals surface area (Å²) in [6.45, 7) is 0. The Bertz CT molecular complexity index is 1070. The second kappa shape index (κ2) is 7.02. The summed E-state index contributed by atoms with van der Waals surface area (Å²) in [5.74, 6) is -12.1. The molecule has 3 rings (SSSR count). The fraction of sp³-hybridized carbons (Fsp3) is 0. The molecule has 9 heteroatoms. The number of hydrazone groups is 1. The van der Waals surface area contributed by atoms with Gasteiger partial charge in [-0.2, -0.15) is 5.10 Å². The number of amides is 1. The van der Waals surface area contributed by atoms with Crippen molar-refractivity contribution in [3.8, 4) is 5.75 Å². The van der Waals surface area contributed by atoms with E-state index in [2.05, 4.69) is 5.10 Å². The molecule has 0 atom stereocenters. The molecule has 0 aliphatic rings. The molecule has 0 heterocycles. The lowest BCUT2D eigenvalue weighted by atomic mass is 10.1. The van der Waals surface area contributed by atoms with E-state index in [0.717, 1.165) is 0 Å². The predicted octanol–water partition coefficient (Wildman–Crippen LogP) is 4.00. The summed E-state index contributed by atoms with van der Waals surface area (Å²) in [5, 5.41) is 14.4. The number of nitrogens with zero attached hydrogens (tertiary/aromatic N) is 1. The van der Waals surface area contributed by atoms with E-state index in [1.807, 2.05) is 5.43 Å². The van der Waals surface area contributed by atoms with Crippen molar-refractivity contribution in [3.05, 3.63) is 76.6 Å². The largest absolute Gasteiger partial charge is 0.507 e. The lowest BCUT2D eigenvalue weighted by molar-refractivity contribution is 0.0952. The van der Waals surface area contributed by atoms with Crippen molar-refractivity contribution in [2.24, 2.45) is 5.10 Å². The summed E-state index contributed by atoms with van der Waals surface area (Å²) < 4.78 is 66.2. The molecule has 0 spiro atoms. The fourth-order valence-electron chi connectivity index (χ4n) is 2.36. The van der Waals surface area contributed by atoms with Crippen LogP contribution in [0.2, 0.25) is 0 Å². The highest BCUT2D eigenvalue weighted by molar-refractivity contribution is 6.01. The van der Waals surface area contributed by atoms with Gasteiger partial charge in [-0.15, -0.1) is 0 Å². The number of hydrogen-bond acceptors (Lipinski definition) is 3. The van der Waals surface area contributed by atoms with Crippen molar-refractivity contribution in [3.63, 3.8) is 0 Å². The minimum atomic E-state index is -2.30. The Morgan fingerprint density at radius 2 is 1.41 bits per heavy atom. The van der Waals surface area contributed by atoms with Crippen LogP contribution < -0.4 is 5.43 Å². The fourth-order valence-corrected chi connectivity index (χ4v) is 2.36. The molecule has 0 bridgehead atoms. The number of fused-ring (bicyclic) bond motifs is 1. The Kier molecular flexibility index (Phi) is 4.76. The number of hydrogen-bond donors (Lipinski definition) is 2. The zero-order valence-electron chi connectivity index (χ0n) is 13.2. The summed E-state index contributed by atoms with van der Waals surface area (Å²) in [4.78, 5) is 12.1. The molecule has 27 heavy (non-hydrogen) atoms. The first-order chi connectivity index (χ1) is 12.8.